The zero-order valence-electron chi connectivity index (χ0n) is 12.0. The van der Waals surface area contributed by atoms with Crippen molar-refractivity contribution in [1.29, 1.82) is 0 Å². The van der Waals surface area contributed by atoms with Crippen LogP contribution in [0.4, 0.5) is 18.9 Å². The van der Waals surface area contributed by atoms with Gasteiger partial charge in [-0.2, -0.15) is 13.2 Å². The molecule has 2 nitrogen and oxygen atoms in total. The van der Waals surface area contributed by atoms with Gasteiger partial charge in [-0.05, 0) is 37.0 Å². The van der Waals surface area contributed by atoms with Crippen LogP contribution in [0.2, 0.25) is 0 Å². The SMILES string of the molecule is CCC1CCN(c2ccc(Br)cc2C(F)(F)F)C(CN)C1. The first kappa shape index (κ1) is 16.6. The Morgan fingerprint density at radius 1 is 1.38 bits per heavy atom. The van der Waals surface area contributed by atoms with E-state index in [1.807, 2.05) is 4.90 Å². The first-order chi connectivity index (χ1) is 9.86. The summed E-state index contributed by atoms with van der Waals surface area (Å²) in [6.45, 7) is 3.13. The van der Waals surface area contributed by atoms with Gasteiger partial charge in [0.2, 0.25) is 0 Å². The van der Waals surface area contributed by atoms with Crippen molar-refractivity contribution in [2.75, 3.05) is 18.0 Å². The summed E-state index contributed by atoms with van der Waals surface area (Å²) < 4.78 is 40.3. The lowest BCUT2D eigenvalue weighted by molar-refractivity contribution is -0.137. The van der Waals surface area contributed by atoms with Crippen LogP contribution in [0.5, 0.6) is 0 Å². The minimum absolute atomic E-state index is 0.0222. The summed E-state index contributed by atoms with van der Waals surface area (Å²) in [5.41, 5.74) is 5.46. The van der Waals surface area contributed by atoms with Crippen LogP contribution in [-0.2, 0) is 6.18 Å². The van der Waals surface area contributed by atoms with Crippen molar-refractivity contribution in [3.8, 4) is 0 Å². The Labute approximate surface area is 131 Å². The van der Waals surface area contributed by atoms with Crippen LogP contribution in [0.3, 0.4) is 0 Å². The predicted octanol–water partition coefficient (Wildman–Crippen LogP) is 4.42. The molecule has 1 aliphatic rings. The van der Waals surface area contributed by atoms with Gasteiger partial charge in [-0.3, -0.25) is 0 Å². The number of hydrogen-bond donors (Lipinski definition) is 1. The average molecular weight is 365 g/mol. The summed E-state index contributed by atoms with van der Waals surface area (Å²) in [5.74, 6) is 0.555. The van der Waals surface area contributed by atoms with E-state index in [1.54, 1.807) is 12.1 Å². The molecule has 2 N–H and O–H groups in total. The topological polar surface area (TPSA) is 29.3 Å². The van der Waals surface area contributed by atoms with Crippen LogP contribution in [-0.4, -0.2) is 19.1 Å². The monoisotopic (exact) mass is 364 g/mol. The highest BCUT2D eigenvalue weighted by Crippen LogP contribution is 2.40. The number of nitrogens with two attached hydrogens (primary N) is 1. The number of benzene rings is 1. The van der Waals surface area contributed by atoms with E-state index in [1.165, 1.54) is 0 Å². The van der Waals surface area contributed by atoms with E-state index in [-0.39, 0.29) is 11.7 Å². The lowest BCUT2D eigenvalue weighted by Crippen LogP contribution is -2.47. The van der Waals surface area contributed by atoms with E-state index in [9.17, 15) is 13.2 Å². The summed E-state index contributed by atoms with van der Waals surface area (Å²) in [5, 5.41) is 0. The molecule has 1 aliphatic heterocycles. The fraction of sp³-hybridized carbons (Fsp3) is 0.600. The molecule has 0 aromatic heterocycles. The number of alkyl halides is 3. The zero-order valence-corrected chi connectivity index (χ0v) is 13.5. The number of halogens is 4. The number of rotatable bonds is 3. The summed E-state index contributed by atoms with van der Waals surface area (Å²) in [6.07, 6.45) is -1.53. The highest BCUT2D eigenvalue weighted by atomic mass is 79.9. The molecule has 2 rings (SSSR count). The van der Waals surface area contributed by atoms with Crippen molar-refractivity contribution in [1.82, 2.24) is 0 Å². The van der Waals surface area contributed by atoms with Gasteiger partial charge in [-0.25, -0.2) is 0 Å². The third kappa shape index (κ3) is 3.72. The number of anilines is 1. The summed E-state index contributed by atoms with van der Waals surface area (Å²) >= 11 is 3.12. The Hall–Kier alpha value is -0.750. The van der Waals surface area contributed by atoms with Crippen LogP contribution in [0.25, 0.3) is 0 Å². The summed E-state index contributed by atoms with van der Waals surface area (Å²) in [6, 6.07) is 4.33. The largest absolute Gasteiger partial charge is 0.418 e. The quantitative estimate of drug-likeness (QED) is 0.859. The molecule has 1 heterocycles. The van der Waals surface area contributed by atoms with Gasteiger partial charge in [0.05, 0.1) is 5.56 Å². The summed E-state index contributed by atoms with van der Waals surface area (Å²) in [4.78, 5) is 1.83. The first-order valence-electron chi connectivity index (χ1n) is 7.20. The highest BCUT2D eigenvalue weighted by Gasteiger charge is 2.37. The second-order valence-electron chi connectivity index (χ2n) is 5.54. The molecule has 2 atom stereocenters. The van der Waals surface area contributed by atoms with E-state index >= 15 is 0 Å². The Balaban J connectivity index is 2.37. The molecule has 0 radical (unpaired) electrons. The standard InChI is InChI=1S/C15H20BrF3N2/c1-2-10-5-6-21(12(7-10)9-20)14-4-3-11(16)8-13(14)15(17,18)19/h3-4,8,10,12H,2,5-7,9,20H2,1H3. The maximum absolute atomic E-state index is 13.3. The predicted molar refractivity (Wildman–Crippen MR) is 82.3 cm³/mol. The zero-order chi connectivity index (χ0) is 15.6. The smallest absolute Gasteiger partial charge is 0.367 e. The lowest BCUT2D eigenvalue weighted by atomic mass is 9.88. The number of nitrogens with zero attached hydrogens (tertiary/aromatic N) is 1. The third-order valence-corrected chi connectivity index (χ3v) is 4.74. The molecule has 0 aliphatic carbocycles. The van der Waals surface area contributed by atoms with Crippen molar-refractivity contribution in [2.45, 2.75) is 38.4 Å². The fourth-order valence-electron chi connectivity index (χ4n) is 3.03. The summed E-state index contributed by atoms with van der Waals surface area (Å²) in [7, 11) is 0. The molecule has 21 heavy (non-hydrogen) atoms. The average Bonchev–Trinajstić information content (AvgIpc) is 2.45. The molecular weight excluding hydrogens is 345 g/mol. The molecular formula is C15H20BrF3N2. The molecule has 1 aromatic carbocycles. The Morgan fingerprint density at radius 2 is 2.10 bits per heavy atom. The molecule has 0 saturated carbocycles. The molecule has 1 saturated heterocycles. The molecule has 6 heteroatoms. The van der Waals surface area contributed by atoms with Crippen molar-refractivity contribution in [3.05, 3.63) is 28.2 Å². The number of hydrogen-bond acceptors (Lipinski definition) is 2. The minimum Gasteiger partial charge on any atom is -0.367 e. The first-order valence-corrected chi connectivity index (χ1v) is 7.99. The molecule has 1 fully saturated rings. The van der Waals surface area contributed by atoms with Crippen molar-refractivity contribution in [2.24, 2.45) is 11.7 Å². The van der Waals surface area contributed by atoms with Crippen LogP contribution >= 0.6 is 15.9 Å². The van der Waals surface area contributed by atoms with E-state index in [0.717, 1.165) is 25.3 Å². The van der Waals surface area contributed by atoms with Gasteiger partial charge < -0.3 is 10.6 Å². The van der Waals surface area contributed by atoms with E-state index in [2.05, 4.69) is 22.9 Å². The van der Waals surface area contributed by atoms with Gasteiger partial charge in [-0.1, -0.05) is 29.3 Å². The Bertz CT molecular complexity index is 490. The van der Waals surface area contributed by atoms with E-state index in [4.69, 9.17) is 5.73 Å². The Morgan fingerprint density at radius 3 is 2.67 bits per heavy atom. The van der Waals surface area contributed by atoms with Gasteiger partial charge in [0.1, 0.15) is 0 Å². The second-order valence-corrected chi connectivity index (χ2v) is 6.46. The van der Waals surface area contributed by atoms with Crippen molar-refractivity contribution < 1.29 is 13.2 Å². The van der Waals surface area contributed by atoms with Gasteiger partial charge >= 0.3 is 6.18 Å². The van der Waals surface area contributed by atoms with Gasteiger partial charge in [0, 0.05) is 29.3 Å². The molecule has 118 valence electrons. The maximum Gasteiger partial charge on any atom is 0.418 e. The molecule has 2 unspecified atom stereocenters. The maximum atomic E-state index is 13.3. The van der Waals surface area contributed by atoms with Crippen LogP contribution in [0.1, 0.15) is 31.7 Å². The van der Waals surface area contributed by atoms with E-state index < -0.39 is 11.7 Å². The van der Waals surface area contributed by atoms with Crippen molar-refractivity contribution in [3.63, 3.8) is 0 Å². The highest BCUT2D eigenvalue weighted by molar-refractivity contribution is 9.10. The van der Waals surface area contributed by atoms with E-state index in [0.29, 0.717) is 23.5 Å². The molecule has 0 spiro atoms. The lowest BCUT2D eigenvalue weighted by Gasteiger charge is -2.41. The number of piperidine rings is 1. The van der Waals surface area contributed by atoms with Crippen molar-refractivity contribution >= 4 is 21.6 Å². The molecule has 1 aromatic rings. The normalized spacial score (nSPS) is 23.4. The van der Waals surface area contributed by atoms with Gasteiger partial charge in [0.25, 0.3) is 0 Å². The van der Waals surface area contributed by atoms with Crippen LogP contribution in [0.15, 0.2) is 22.7 Å². The molecule has 0 bridgehead atoms. The van der Waals surface area contributed by atoms with Crippen LogP contribution < -0.4 is 10.6 Å². The second kappa shape index (κ2) is 6.57. The minimum atomic E-state index is -4.36. The Kier molecular flexibility index (Phi) is 5.20. The van der Waals surface area contributed by atoms with Gasteiger partial charge in [0.15, 0.2) is 0 Å². The molecule has 0 amide bonds. The van der Waals surface area contributed by atoms with Crippen LogP contribution in [0, 0.1) is 5.92 Å². The third-order valence-electron chi connectivity index (χ3n) is 4.25. The van der Waals surface area contributed by atoms with Gasteiger partial charge in [-0.15, -0.1) is 0 Å². The fourth-order valence-corrected chi connectivity index (χ4v) is 3.39.